The van der Waals surface area contributed by atoms with Crippen molar-refractivity contribution in [3.8, 4) is 22.5 Å². The van der Waals surface area contributed by atoms with Gasteiger partial charge in [-0.25, -0.2) is 0 Å². The van der Waals surface area contributed by atoms with E-state index in [4.69, 9.17) is 14.0 Å². The molecule has 0 bridgehead atoms. The third-order valence-corrected chi connectivity index (χ3v) is 4.79. The fourth-order valence-electron chi connectivity index (χ4n) is 3.35. The molecule has 0 saturated heterocycles. The van der Waals surface area contributed by atoms with Gasteiger partial charge in [-0.3, -0.25) is 0 Å². The van der Waals surface area contributed by atoms with Gasteiger partial charge in [0.25, 0.3) is 0 Å². The summed E-state index contributed by atoms with van der Waals surface area (Å²) >= 11 is 0. The Morgan fingerprint density at radius 3 is 2.58 bits per heavy atom. The van der Waals surface area contributed by atoms with E-state index in [0.29, 0.717) is 16.7 Å². The van der Waals surface area contributed by atoms with Crippen molar-refractivity contribution in [1.82, 2.24) is 9.97 Å². The van der Waals surface area contributed by atoms with Crippen LogP contribution in [0.5, 0.6) is 0 Å². The summed E-state index contributed by atoms with van der Waals surface area (Å²) in [6.45, 7) is -2.09. The summed E-state index contributed by atoms with van der Waals surface area (Å²) in [6.07, 6.45) is 1.07. The van der Waals surface area contributed by atoms with E-state index in [1.807, 2.05) is 42.5 Å². The summed E-state index contributed by atoms with van der Waals surface area (Å²) in [5.41, 5.74) is 3.88. The van der Waals surface area contributed by atoms with Crippen molar-refractivity contribution < 1.29 is 34.1 Å². The first kappa shape index (κ1) is 15.3. The molecule has 6 rings (SSSR count). The van der Waals surface area contributed by atoms with Gasteiger partial charge in [0.2, 0.25) is 0 Å². The quantitative estimate of drug-likeness (QED) is 0.193. The second-order valence-corrected chi connectivity index (χ2v) is 6.85. The van der Waals surface area contributed by atoms with Crippen LogP contribution >= 0.6 is 0 Å². The van der Waals surface area contributed by atoms with Crippen molar-refractivity contribution in [1.29, 1.82) is 0 Å². The molecule has 0 spiro atoms. The van der Waals surface area contributed by atoms with Crippen LogP contribution in [-0.2, 0) is 20.1 Å². The van der Waals surface area contributed by atoms with Crippen molar-refractivity contribution in [3.63, 3.8) is 0 Å². The summed E-state index contributed by atoms with van der Waals surface area (Å²) in [7, 11) is 0. The molecule has 0 aliphatic rings. The number of pyridine rings is 2. The van der Waals surface area contributed by atoms with E-state index in [0.717, 1.165) is 22.0 Å². The Balaban J connectivity index is 0.000000192. The zero-order valence-electron chi connectivity index (χ0n) is 24.1. The third-order valence-electron chi connectivity index (χ3n) is 4.79. The second-order valence-electron chi connectivity index (χ2n) is 6.85. The van der Waals surface area contributed by atoms with Gasteiger partial charge in [0, 0.05) is 36.6 Å². The van der Waals surface area contributed by atoms with Gasteiger partial charge in [-0.1, -0.05) is 53.9 Å². The van der Waals surface area contributed by atoms with E-state index in [1.165, 1.54) is 6.20 Å². The molecule has 3 aromatic heterocycles. The molecule has 0 aliphatic heterocycles. The minimum absolute atomic E-state index is 0. The van der Waals surface area contributed by atoms with Crippen LogP contribution < -0.4 is 0 Å². The summed E-state index contributed by atoms with van der Waals surface area (Å²) in [5, 5.41) is 1.61. The molecule has 3 aromatic carbocycles. The SMILES string of the molecule is [2H]C([2H])([2H])c1ccc(-c2[c-]cccc2)nc1.[2H]c1nc(-c2[c-]ccc3oc4ccccc4c23)c([2H])c([2H])c1[2H].[Ir]. The smallest absolute Gasteiger partial charge is 0.123 e. The van der Waals surface area contributed by atoms with E-state index < -0.39 is 6.85 Å². The van der Waals surface area contributed by atoms with Crippen LogP contribution in [0, 0.1) is 19.0 Å². The summed E-state index contributed by atoms with van der Waals surface area (Å²) in [6, 6.07) is 27.0. The van der Waals surface area contributed by atoms with Crippen molar-refractivity contribution in [3.05, 3.63) is 121 Å². The van der Waals surface area contributed by atoms with Crippen LogP contribution in [0.1, 0.15) is 15.2 Å². The standard InChI is InChI=1S/C17H10NO.C12H10N.Ir/c1-2-9-15-13(6-1)17-12(7-5-10-16(17)19-15)14-8-3-4-11-18-14;1-10-7-8-12(13-9-10)11-5-3-2-4-6-11;/h1-6,8-11H;2-5,7-9H,1H3;/q2*-1;/i3D,4D,8D,11D;1D3;. The van der Waals surface area contributed by atoms with Crippen LogP contribution in [0.4, 0.5) is 0 Å². The maximum atomic E-state index is 8.10. The Morgan fingerprint density at radius 2 is 1.76 bits per heavy atom. The number of aryl methyl sites for hydroxylation is 1. The first-order chi connectivity index (χ1) is 18.6. The molecule has 0 aliphatic carbocycles. The minimum atomic E-state index is -2.09. The van der Waals surface area contributed by atoms with Gasteiger partial charge in [-0.2, -0.15) is 0 Å². The molecule has 0 unspecified atom stereocenters. The number of hydrogen-bond acceptors (Lipinski definition) is 3. The Kier molecular flexibility index (Phi) is 4.79. The molecule has 6 aromatic rings. The Hall–Kier alpha value is -3.59. The van der Waals surface area contributed by atoms with E-state index in [2.05, 4.69) is 22.1 Å². The average molecular weight is 612 g/mol. The molecule has 4 heteroatoms. The van der Waals surface area contributed by atoms with E-state index >= 15 is 0 Å². The molecule has 0 N–H and O–H groups in total. The van der Waals surface area contributed by atoms with Crippen LogP contribution in [0.2, 0.25) is 0 Å². The zero-order chi connectivity index (χ0) is 27.7. The first-order valence-corrected chi connectivity index (χ1v) is 9.85. The average Bonchev–Trinajstić information content (AvgIpc) is 3.33. The molecular weight excluding hydrogens is 585 g/mol. The number of furan rings is 1. The van der Waals surface area contributed by atoms with Crippen molar-refractivity contribution in [2.75, 3.05) is 0 Å². The maximum Gasteiger partial charge on any atom is 0.123 e. The first-order valence-electron chi connectivity index (χ1n) is 13.4. The van der Waals surface area contributed by atoms with Gasteiger partial charge in [0.1, 0.15) is 5.58 Å². The fourth-order valence-corrected chi connectivity index (χ4v) is 3.35. The fraction of sp³-hybridized carbons (Fsp3) is 0.0345. The summed E-state index contributed by atoms with van der Waals surface area (Å²) in [5.74, 6) is 0. The van der Waals surface area contributed by atoms with Gasteiger partial charge in [-0.05, 0) is 41.3 Å². The predicted molar refractivity (Wildman–Crippen MR) is 129 cm³/mol. The largest absolute Gasteiger partial charge is 0.476 e. The number of nitrogens with zero attached hydrogens (tertiary/aromatic N) is 2. The van der Waals surface area contributed by atoms with Gasteiger partial charge in [-0.15, -0.1) is 53.6 Å². The molecule has 163 valence electrons. The van der Waals surface area contributed by atoms with Gasteiger partial charge in [0.05, 0.1) is 11.1 Å². The Morgan fingerprint density at radius 1 is 0.848 bits per heavy atom. The van der Waals surface area contributed by atoms with Gasteiger partial charge < -0.3 is 14.4 Å². The molecule has 33 heavy (non-hydrogen) atoms. The van der Waals surface area contributed by atoms with Gasteiger partial charge >= 0.3 is 0 Å². The summed E-state index contributed by atoms with van der Waals surface area (Å²) in [4.78, 5) is 8.16. The van der Waals surface area contributed by atoms with Crippen LogP contribution in [0.3, 0.4) is 0 Å². The van der Waals surface area contributed by atoms with Crippen LogP contribution in [-0.4, -0.2) is 9.97 Å². The van der Waals surface area contributed by atoms with E-state index in [9.17, 15) is 0 Å². The second kappa shape index (κ2) is 10.4. The monoisotopic (exact) mass is 612 g/mol. The Bertz CT molecular complexity index is 1790. The molecule has 3 heterocycles. The molecule has 1 radical (unpaired) electrons. The minimum Gasteiger partial charge on any atom is -0.476 e. The zero-order valence-corrected chi connectivity index (χ0v) is 19.5. The van der Waals surface area contributed by atoms with Gasteiger partial charge in [0.15, 0.2) is 0 Å². The van der Waals surface area contributed by atoms with E-state index in [1.54, 1.807) is 30.3 Å². The van der Waals surface area contributed by atoms with Crippen molar-refractivity contribution >= 4 is 21.9 Å². The number of para-hydroxylation sites is 1. The van der Waals surface area contributed by atoms with Crippen molar-refractivity contribution in [2.24, 2.45) is 0 Å². The Labute approximate surface area is 216 Å². The van der Waals surface area contributed by atoms with E-state index in [-0.39, 0.29) is 55.7 Å². The molecule has 0 atom stereocenters. The molecule has 3 nitrogen and oxygen atoms in total. The van der Waals surface area contributed by atoms with Crippen molar-refractivity contribution in [2.45, 2.75) is 6.85 Å². The van der Waals surface area contributed by atoms with Crippen LogP contribution in [0.25, 0.3) is 44.5 Å². The number of rotatable bonds is 2. The number of hydrogen-bond donors (Lipinski definition) is 0. The topological polar surface area (TPSA) is 38.9 Å². The molecule has 0 amide bonds. The maximum absolute atomic E-state index is 8.10. The number of benzene rings is 3. The molecule has 0 fully saturated rings. The summed E-state index contributed by atoms with van der Waals surface area (Å²) < 4.78 is 58.8. The van der Waals surface area contributed by atoms with Crippen LogP contribution in [0.15, 0.2) is 108 Å². The molecular formula is C29H20IrN2O-2. The third kappa shape index (κ3) is 4.93. The number of aromatic nitrogens is 2. The predicted octanol–water partition coefficient (Wildman–Crippen LogP) is 7.30. The molecule has 0 saturated carbocycles. The number of fused-ring (bicyclic) bond motifs is 3. The normalized spacial score (nSPS) is 13.8.